The van der Waals surface area contributed by atoms with Crippen LogP contribution in [0.2, 0.25) is 0 Å². The van der Waals surface area contributed by atoms with Crippen LogP contribution < -0.4 is 9.47 Å². The maximum atomic E-state index is 12.9. The summed E-state index contributed by atoms with van der Waals surface area (Å²) in [6, 6.07) is 0.402. The van der Waals surface area contributed by atoms with Crippen LogP contribution in [0, 0.1) is 0 Å². The highest BCUT2D eigenvalue weighted by atomic mass is 19.4. The van der Waals surface area contributed by atoms with Gasteiger partial charge in [-0.25, -0.2) is 4.98 Å². The smallest absolute Gasteiger partial charge is 0.478 e. The Morgan fingerprint density at radius 1 is 1.22 bits per heavy atom. The molecule has 0 atom stereocenters. The van der Waals surface area contributed by atoms with Gasteiger partial charge in [-0.3, -0.25) is 4.79 Å². The van der Waals surface area contributed by atoms with Gasteiger partial charge in [0.25, 0.3) is 5.88 Å². The number of aromatic nitrogens is 1. The van der Waals surface area contributed by atoms with Crippen molar-refractivity contribution >= 4 is 5.97 Å². The van der Waals surface area contributed by atoms with Crippen molar-refractivity contribution < 1.29 is 45.3 Å². The van der Waals surface area contributed by atoms with Gasteiger partial charge in [0.1, 0.15) is 0 Å². The van der Waals surface area contributed by atoms with Crippen LogP contribution in [-0.2, 0) is 22.1 Å². The van der Waals surface area contributed by atoms with Gasteiger partial charge >= 0.3 is 18.5 Å². The van der Waals surface area contributed by atoms with E-state index in [2.05, 4.69) is 19.2 Å². The molecular weight excluding hydrogens is 336 g/mol. The van der Waals surface area contributed by atoms with Crippen LogP contribution in [-0.4, -0.2) is 31.0 Å². The number of rotatable bonds is 5. The number of alkyl halides is 6. The molecule has 0 aromatic carbocycles. The quantitative estimate of drug-likeness (QED) is 0.605. The first kappa shape index (κ1) is 18.8. The zero-order valence-electron chi connectivity index (χ0n) is 11.8. The van der Waals surface area contributed by atoms with Crippen molar-refractivity contribution in [3.63, 3.8) is 0 Å². The standard InChI is InChI=1S/C12H11F6NO4/c1-3-22-8(20)5-6-4-7(23-12(16,17)18)10(21-2)19-9(6)11(13,14)15/h4H,3,5H2,1-2H3. The van der Waals surface area contributed by atoms with Crippen molar-refractivity contribution in [1.29, 1.82) is 0 Å². The summed E-state index contributed by atoms with van der Waals surface area (Å²) >= 11 is 0. The second-order valence-electron chi connectivity index (χ2n) is 4.03. The molecule has 11 heteroatoms. The Morgan fingerprint density at radius 3 is 2.26 bits per heavy atom. The number of ether oxygens (including phenoxy) is 3. The van der Waals surface area contributed by atoms with Crippen LogP contribution in [0.3, 0.4) is 0 Å². The van der Waals surface area contributed by atoms with Crippen LogP contribution in [0.4, 0.5) is 26.3 Å². The number of esters is 1. The van der Waals surface area contributed by atoms with E-state index in [-0.39, 0.29) is 6.61 Å². The number of methoxy groups -OCH3 is 1. The lowest BCUT2D eigenvalue weighted by Gasteiger charge is -2.17. The molecule has 5 nitrogen and oxygen atoms in total. The number of hydrogen-bond acceptors (Lipinski definition) is 5. The summed E-state index contributed by atoms with van der Waals surface area (Å²) in [6.07, 6.45) is -11.1. The van der Waals surface area contributed by atoms with E-state index in [4.69, 9.17) is 0 Å². The Kier molecular flexibility index (Phi) is 5.67. The van der Waals surface area contributed by atoms with Crippen molar-refractivity contribution in [1.82, 2.24) is 4.98 Å². The molecule has 1 rings (SSSR count). The van der Waals surface area contributed by atoms with Gasteiger partial charge in [-0.2, -0.15) is 13.2 Å². The molecule has 23 heavy (non-hydrogen) atoms. The van der Waals surface area contributed by atoms with Crippen LogP contribution in [0.25, 0.3) is 0 Å². The minimum atomic E-state index is -5.17. The SMILES string of the molecule is CCOC(=O)Cc1cc(OC(F)(F)F)c(OC)nc1C(F)(F)F. The molecule has 0 N–H and O–H groups in total. The first-order chi connectivity index (χ1) is 10.5. The minimum absolute atomic E-state index is 0.102. The molecule has 1 aromatic rings. The molecule has 0 radical (unpaired) electrons. The second-order valence-corrected chi connectivity index (χ2v) is 4.03. The van der Waals surface area contributed by atoms with Crippen molar-refractivity contribution in [3.05, 3.63) is 17.3 Å². The lowest BCUT2D eigenvalue weighted by molar-refractivity contribution is -0.275. The fourth-order valence-corrected chi connectivity index (χ4v) is 1.61. The summed E-state index contributed by atoms with van der Waals surface area (Å²) in [7, 11) is 0.830. The molecule has 0 fully saturated rings. The number of nitrogens with zero attached hydrogens (tertiary/aromatic N) is 1. The van der Waals surface area contributed by atoms with Crippen LogP contribution in [0.5, 0.6) is 11.6 Å². The number of pyridine rings is 1. The normalized spacial score (nSPS) is 12.0. The highest BCUT2D eigenvalue weighted by Crippen LogP contribution is 2.38. The molecule has 130 valence electrons. The third-order valence-electron chi connectivity index (χ3n) is 2.36. The van der Waals surface area contributed by atoms with E-state index < -0.39 is 47.8 Å². The molecule has 0 saturated heterocycles. The monoisotopic (exact) mass is 347 g/mol. The lowest BCUT2D eigenvalue weighted by Crippen LogP contribution is -2.21. The van der Waals surface area contributed by atoms with Gasteiger partial charge in [0, 0.05) is 0 Å². The third-order valence-corrected chi connectivity index (χ3v) is 2.36. The molecule has 0 amide bonds. The average molecular weight is 347 g/mol. The fourth-order valence-electron chi connectivity index (χ4n) is 1.61. The van der Waals surface area contributed by atoms with E-state index >= 15 is 0 Å². The first-order valence-electron chi connectivity index (χ1n) is 6.04. The maximum Gasteiger partial charge on any atom is 0.573 e. The first-order valence-corrected chi connectivity index (χ1v) is 6.04. The van der Waals surface area contributed by atoms with Crippen LogP contribution >= 0.6 is 0 Å². The molecule has 1 heterocycles. The van der Waals surface area contributed by atoms with Gasteiger partial charge in [0.05, 0.1) is 20.1 Å². The molecule has 0 unspecified atom stereocenters. The summed E-state index contributed by atoms with van der Waals surface area (Å²) in [6.45, 7) is 1.32. The zero-order valence-corrected chi connectivity index (χ0v) is 11.8. The Balaban J connectivity index is 3.37. The molecule has 1 aromatic heterocycles. The van der Waals surface area contributed by atoms with E-state index in [9.17, 15) is 31.1 Å². The van der Waals surface area contributed by atoms with Gasteiger partial charge in [0.15, 0.2) is 11.4 Å². The molecule has 0 aliphatic carbocycles. The van der Waals surface area contributed by atoms with Crippen molar-refractivity contribution in [3.8, 4) is 11.6 Å². The van der Waals surface area contributed by atoms with Crippen molar-refractivity contribution in [2.24, 2.45) is 0 Å². The summed E-state index contributed by atoms with van der Waals surface area (Å²) in [4.78, 5) is 14.3. The number of carbonyl (C=O) groups excluding carboxylic acids is 1. The molecular formula is C12H11F6NO4. The molecule has 0 saturated carbocycles. The number of hydrogen-bond donors (Lipinski definition) is 0. The van der Waals surface area contributed by atoms with Crippen molar-refractivity contribution in [2.75, 3.05) is 13.7 Å². The van der Waals surface area contributed by atoms with Gasteiger partial charge in [0.2, 0.25) is 0 Å². The van der Waals surface area contributed by atoms with E-state index in [1.165, 1.54) is 6.92 Å². The van der Waals surface area contributed by atoms with Crippen LogP contribution in [0.15, 0.2) is 6.07 Å². The van der Waals surface area contributed by atoms with Gasteiger partial charge in [-0.1, -0.05) is 0 Å². The highest BCUT2D eigenvalue weighted by Gasteiger charge is 2.39. The average Bonchev–Trinajstić information content (AvgIpc) is 2.35. The van der Waals surface area contributed by atoms with Crippen molar-refractivity contribution in [2.45, 2.75) is 25.9 Å². The van der Waals surface area contributed by atoms with Gasteiger partial charge < -0.3 is 14.2 Å². The minimum Gasteiger partial charge on any atom is -0.478 e. The Hall–Kier alpha value is -2.20. The maximum absolute atomic E-state index is 12.9. The number of halogens is 6. The Morgan fingerprint density at radius 2 is 1.83 bits per heavy atom. The lowest BCUT2D eigenvalue weighted by atomic mass is 10.1. The van der Waals surface area contributed by atoms with Gasteiger partial charge in [-0.15, -0.1) is 13.2 Å². The predicted molar refractivity (Wildman–Crippen MR) is 62.8 cm³/mol. The zero-order chi connectivity index (χ0) is 17.8. The highest BCUT2D eigenvalue weighted by molar-refractivity contribution is 5.73. The van der Waals surface area contributed by atoms with E-state index in [1.807, 2.05) is 0 Å². The summed E-state index contributed by atoms with van der Waals surface area (Å²) < 4.78 is 88.1. The second kappa shape index (κ2) is 6.92. The third kappa shape index (κ3) is 5.49. The predicted octanol–water partition coefficient (Wildman–Crippen LogP) is 3.11. The van der Waals surface area contributed by atoms with E-state index in [1.54, 1.807) is 0 Å². The fraction of sp³-hybridized carbons (Fsp3) is 0.500. The summed E-state index contributed by atoms with van der Waals surface area (Å²) in [5.74, 6) is -3.16. The molecule has 0 aliphatic rings. The Labute approximate surface area is 126 Å². The molecule has 0 aliphatic heterocycles. The van der Waals surface area contributed by atoms with E-state index in [0.717, 1.165) is 7.11 Å². The molecule has 0 bridgehead atoms. The van der Waals surface area contributed by atoms with Gasteiger partial charge in [-0.05, 0) is 18.6 Å². The summed E-state index contributed by atoms with van der Waals surface area (Å²) in [5.41, 5.74) is -2.38. The Bertz CT molecular complexity index is 570. The molecule has 0 spiro atoms. The largest absolute Gasteiger partial charge is 0.573 e. The van der Waals surface area contributed by atoms with E-state index in [0.29, 0.717) is 6.07 Å². The summed E-state index contributed by atoms with van der Waals surface area (Å²) in [5, 5.41) is 0. The topological polar surface area (TPSA) is 57.7 Å². The number of carbonyl (C=O) groups is 1. The van der Waals surface area contributed by atoms with Crippen LogP contribution in [0.1, 0.15) is 18.2 Å².